The highest BCUT2D eigenvalue weighted by Crippen LogP contribution is 2.14. The second kappa shape index (κ2) is 2.56. The Morgan fingerprint density at radius 2 is 2.44 bits per heavy atom. The van der Waals surface area contributed by atoms with Crippen LogP contribution in [0.3, 0.4) is 0 Å². The molecule has 1 saturated heterocycles. The van der Waals surface area contributed by atoms with Crippen LogP contribution in [0.1, 0.15) is 13.8 Å². The molecule has 0 spiro atoms. The van der Waals surface area contributed by atoms with E-state index in [0.717, 1.165) is 11.9 Å². The lowest BCUT2D eigenvalue weighted by molar-refractivity contribution is 0.0232. The van der Waals surface area contributed by atoms with Crippen molar-refractivity contribution in [3.8, 4) is 0 Å². The molecule has 3 heteroatoms. The lowest BCUT2D eigenvalue weighted by atomic mass is 10.3. The first-order valence-electron chi connectivity index (χ1n) is 3.12. The van der Waals surface area contributed by atoms with Gasteiger partial charge in [-0.3, -0.25) is 5.32 Å². The van der Waals surface area contributed by atoms with Crippen molar-refractivity contribution in [1.29, 1.82) is 0 Å². The molecule has 1 aliphatic heterocycles. The Balaban J connectivity index is 2.38. The third kappa shape index (κ3) is 1.92. The maximum atomic E-state index is 5.40. The predicted molar refractivity (Wildman–Crippen MR) is 40.7 cm³/mol. The van der Waals surface area contributed by atoms with E-state index in [-0.39, 0.29) is 5.72 Å². The van der Waals surface area contributed by atoms with Crippen molar-refractivity contribution in [3.05, 3.63) is 0 Å². The third-order valence-corrected chi connectivity index (χ3v) is 2.16. The summed E-state index contributed by atoms with van der Waals surface area (Å²) in [6.45, 7) is 4.89. The molecule has 2 nitrogen and oxygen atoms in total. The van der Waals surface area contributed by atoms with Gasteiger partial charge in [0.15, 0.2) is 0 Å². The highest BCUT2D eigenvalue weighted by Gasteiger charge is 2.29. The van der Waals surface area contributed by atoms with Gasteiger partial charge in [0.25, 0.3) is 0 Å². The molecule has 0 saturated carbocycles. The maximum absolute atomic E-state index is 5.40. The summed E-state index contributed by atoms with van der Waals surface area (Å²) in [5.74, 6) is 0. The van der Waals surface area contributed by atoms with Gasteiger partial charge in [-0.25, -0.2) is 0 Å². The Morgan fingerprint density at radius 1 is 1.78 bits per heavy atom. The number of hydrogen-bond acceptors (Lipinski definition) is 2. The van der Waals surface area contributed by atoms with Crippen LogP contribution in [0.15, 0.2) is 0 Å². The van der Waals surface area contributed by atoms with Crippen molar-refractivity contribution in [2.75, 3.05) is 11.9 Å². The molecule has 0 aliphatic carbocycles. The van der Waals surface area contributed by atoms with E-state index >= 15 is 0 Å². The van der Waals surface area contributed by atoms with E-state index in [9.17, 15) is 0 Å². The third-order valence-electron chi connectivity index (χ3n) is 1.38. The van der Waals surface area contributed by atoms with Crippen molar-refractivity contribution < 1.29 is 4.74 Å². The zero-order valence-corrected chi connectivity index (χ0v) is 7.36. The number of ether oxygens (including phenoxy) is 1. The van der Waals surface area contributed by atoms with Crippen molar-refractivity contribution in [1.82, 2.24) is 5.32 Å². The normalized spacial score (nSPS) is 33.0. The van der Waals surface area contributed by atoms with Gasteiger partial charge >= 0.3 is 0 Å². The summed E-state index contributed by atoms with van der Waals surface area (Å²) in [7, 11) is 0. The molecule has 0 aromatic heterocycles. The average Bonchev–Trinajstić information content (AvgIpc) is 2.10. The molecule has 1 atom stereocenters. The van der Waals surface area contributed by atoms with E-state index in [2.05, 4.69) is 21.2 Å². The smallest absolute Gasteiger partial charge is 0.113 e. The molecule has 0 unspecified atom stereocenters. The molecule has 1 heterocycles. The Hall–Kier alpha value is 0.400. The number of alkyl halides is 1. The summed E-state index contributed by atoms with van der Waals surface area (Å²) in [6, 6.07) is 0.486. The summed E-state index contributed by atoms with van der Waals surface area (Å²) in [4.78, 5) is 0. The molecule has 1 aliphatic rings. The van der Waals surface area contributed by atoms with Crippen molar-refractivity contribution >= 4 is 15.9 Å². The van der Waals surface area contributed by atoms with Gasteiger partial charge in [-0.15, -0.1) is 0 Å². The molecule has 0 aromatic rings. The Labute approximate surface area is 64.1 Å². The minimum absolute atomic E-state index is 0.113. The van der Waals surface area contributed by atoms with E-state index < -0.39 is 0 Å². The van der Waals surface area contributed by atoms with Gasteiger partial charge in [0.05, 0.1) is 6.61 Å². The van der Waals surface area contributed by atoms with Crippen LogP contribution in [0.25, 0.3) is 0 Å². The van der Waals surface area contributed by atoms with E-state index in [1.54, 1.807) is 0 Å². The van der Waals surface area contributed by atoms with Crippen LogP contribution in [-0.2, 0) is 4.74 Å². The van der Waals surface area contributed by atoms with Gasteiger partial charge in [0.1, 0.15) is 5.72 Å². The topological polar surface area (TPSA) is 21.3 Å². The fourth-order valence-electron chi connectivity index (χ4n) is 0.967. The average molecular weight is 194 g/mol. The van der Waals surface area contributed by atoms with Gasteiger partial charge in [-0.05, 0) is 13.8 Å². The fraction of sp³-hybridized carbons (Fsp3) is 1.00. The molecule has 0 radical (unpaired) electrons. The van der Waals surface area contributed by atoms with Crippen LogP contribution in [0, 0.1) is 0 Å². The first-order chi connectivity index (χ1) is 4.14. The van der Waals surface area contributed by atoms with E-state index in [1.807, 2.05) is 13.8 Å². The monoisotopic (exact) mass is 193 g/mol. The molecular weight excluding hydrogens is 182 g/mol. The molecule has 0 bridgehead atoms. The lowest BCUT2D eigenvalue weighted by Crippen LogP contribution is -2.38. The number of nitrogens with one attached hydrogen (secondary N) is 1. The van der Waals surface area contributed by atoms with Gasteiger partial charge < -0.3 is 4.74 Å². The van der Waals surface area contributed by atoms with Crippen molar-refractivity contribution in [2.24, 2.45) is 0 Å². The van der Waals surface area contributed by atoms with Crippen LogP contribution in [-0.4, -0.2) is 23.7 Å². The van der Waals surface area contributed by atoms with E-state index in [1.165, 1.54) is 0 Å². The molecule has 1 fully saturated rings. The van der Waals surface area contributed by atoms with Crippen LogP contribution in [0.5, 0.6) is 0 Å². The molecule has 1 N–H and O–H groups in total. The first kappa shape index (κ1) is 7.51. The number of halogens is 1. The SMILES string of the molecule is CC1(C)N[C@H](CBr)CO1. The Kier molecular flexibility index (Phi) is 2.14. The van der Waals surface area contributed by atoms with Crippen molar-refractivity contribution in [2.45, 2.75) is 25.6 Å². The largest absolute Gasteiger partial charge is 0.360 e. The number of rotatable bonds is 1. The van der Waals surface area contributed by atoms with Crippen LogP contribution in [0.4, 0.5) is 0 Å². The zero-order chi connectivity index (χ0) is 6.91. The predicted octanol–water partition coefficient (Wildman–Crippen LogP) is 1.11. The zero-order valence-electron chi connectivity index (χ0n) is 5.78. The summed E-state index contributed by atoms with van der Waals surface area (Å²) in [5, 5.41) is 4.28. The molecule has 54 valence electrons. The summed E-state index contributed by atoms with van der Waals surface area (Å²) in [6.07, 6.45) is 0. The van der Waals surface area contributed by atoms with Crippen LogP contribution in [0.2, 0.25) is 0 Å². The fourth-order valence-corrected chi connectivity index (χ4v) is 1.32. The standard InChI is InChI=1S/C6H12BrNO/c1-6(2)8-5(3-7)4-9-6/h5,8H,3-4H2,1-2H3/t5-/m1/s1. The van der Waals surface area contributed by atoms with Gasteiger partial charge in [0, 0.05) is 11.4 Å². The summed E-state index contributed by atoms with van der Waals surface area (Å²) < 4.78 is 5.40. The highest BCUT2D eigenvalue weighted by molar-refractivity contribution is 9.09. The van der Waals surface area contributed by atoms with Crippen LogP contribution >= 0.6 is 15.9 Å². The minimum atomic E-state index is -0.113. The molecule has 9 heavy (non-hydrogen) atoms. The summed E-state index contributed by atoms with van der Waals surface area (Å²) >= 11 is 3.39. The van der Waals surface area contributed by atoms with E-state index in [0.29, 0.717) is 6.04 Å². The minimum Gasteiger partial charge on any atom is -0.360 e. The lowest BCUT2D eigenvalue weighted by Gasteiger charge is -2.17. The maximum Gasteiger partial charge on any atom is 0.113 e. The Bertz CT molecular complexity index is 105. The van der Waals surface area contributed by atoms with E-state index in [4.69, 9.17) is 4.74 Å². The first-order valence-corrected chi connectivity index (χ1v) is 4.24. The van der Waals surface area contributed by atoms with Gasteiger partial charge in [-0.1, -0.05) is 15.9 Å². The number of hydrogen-bond donors (Lipinski definition) is 1. The Morgan fingerprint density at radius 3 is 2.67 bits per heavy atom. The second-order valence-electron chi connectivity index (χ2n) is 2.82. The highest BCUT2D eigenvalue weighted by atomic mass is 79.9. The molecule has 0 aromatic carbocycles. The van der Waals surface area contributed by atoms with Gasteiger partial charge in [0.2, 0.25) is 0 Å². The van der Waals surface area contributed by atoms with Gasteiger partial charge in [-0.2, -0.15) is 0 Å². The quantitative estimate of drug-likeness (QED) is 0.631. The van der Waals surface area contributed by atoms with Crippen LogP contribution < -0.4 is 5.32 Å². The summed E-state index contributed by atoms with van der Waals surface area (Å²) in [5.41, 5.74) is -0.113. The molecular formula is C6H12BrNO. The van der Waals surface area contributed by atoms with Crippen molar-refractivity contribution in [3.63, 3.8) is 0 Å². The second-order valence-corrected chi connectivity index (χ2v) is 3.46. The molecule has 1 rings (SSSR count). The molecule has 0 amide bonds.